The van der Waals surface area contributed by atoms with Gasteiger partial charge in [0.05, 0.1) is 19.1 Å². The molecule has 0 atom stereocenters. The molecule has 0 unspecified atom stereocenters. The van der Waals surface area contributed by atoms with Crippen molar-refractivity contribution in [1.82, 2.24) is 0 Å². The molecule has 0 fully saturated rings. The van der Waals surface area contributed by atoms with E-state index in [9.17, 15) is 9.59 Å². The third kappa shape index (κ3) is 10.7. The third-order valence-electron chi connectivity index (χ3n) is 5.54. The molecule has 0 spiro atoms. The van der Waals surface area contributed by atoms with Gasteiger partial charge < -0.3 is 9.47 Å². The predicted octanol–water partition coefficient (Wildman–Crippen LogP) is 7.13. The van der Waals surface area contributed by atoms with Crippen molar-refractivity contribution in [3.63, 3.8) is 0 Å². The lowest BCUT2D eigenvalue weighted by molar-refractivity contribution is -0.119. The molecule has 0 heterocycles. The van der Waals surface area contributed by atoms with Gasteiger partial charge in [-0.2, -0.15) is 0 Å². The standard InChI is InChI=1S/C25H42O4S/c1-4-5-6-7-8-9-10-11-12-13-14-15-16-17-18-19-30-22-20-21(26)24(28-2)25(29-3)23(22)27/h20H,4-19H2,1-3H3. The topological polar surface area (TPSA) is 52.6 Å². The van der Waals surface area contributed by atoms with Gasteiger partial charge in [-0.15, -0.1) is 11.8 Å². The van der Waals surface area contributed by atoms with Crippen LogP contribution in [0.4, 0.5) is 0 Å². The quantitative estimate of drug-likeness (QED) is 0.159. The number of carbonyl (C=O) groups is 2. The highest BCUT2D eigenvalue weighted by molar-refractivity contribution is 8.04. The van der Waals surface area contributed by atoms with Crippen molar-refractivity contribution < 1.29 is 19.1 Å². The fraction of sp³-hybridized carbons (Fsp3) is 0.760. The molecule has 0 saturated heterocycles. The van der Waals surface area contributed by atoms with Crippen LogP contribution in [0.15, 0.2) is 22.5 Å². The normalized spacial score (nSPS) is 14.3. The molecule has 0 saturated carbocycles. The number of methoxy groups -OCH3 is 2. The van der Waals surface area contributed by atoms with Crippen molar-refractivity contribution in [1.29, 1.82) is 0 Å². The Morgan fingerprint density at radius 3 is 1.53 bits per heavy atom. The number of hydrogen-bond acceptors (Lipinski definition) is 5. The minimum atomic E-state index is -0.298. The molecule has 1 aliphatic rings. The average Bonchev–Trinajstić information content (AvgIpc) is 2.75. The summed E-state index contributed by atoms with van der Waals surface area (Å²) in [4.78, 5) is 24.8. The van der Waals surface area contributed by atoms with Crippen molar-refractivity contribution in [2.75, 3.05) is 20.0 Å². The summed E-state index contributed by atoms with van der Waals surface area (Å²) in [6.45, 7) is 2.27. The summed E-state index contributed by atoms with van der Waals surface area (Å²) >= 11 is 1.45. The maximum Gasteiger partial charge on any atom is 0.238 e. The highest BCUT2D eigenvalue weighted by Crippen LogP contribution is 2.28. The number of ether oxygens (including phenoxy) is 2. The van der Waals surface area contributed by atoms with Crippen LogP contribution in [-0.2, 0) is 19.1 Å². The van der Waals surface area contributed by atoms with E-state index in [4.69, 9.17) is 9.47 Å². The van der Waals surface area contributed by atoms with Gasteiger partial charge in [-0.05, 0) is 12.2 Å². The van der Waals surface area contributed by atoms with E-state index < -0.39 is 0 Å². The Morgan fingerprint density at radius 2 is 1.10 bits per heavy atom. The Hall–Kier alpha value is -1.23. The maximum absolute atomic E-state index is 12.4. The molecule has 5 heteroatoms. The lowest BCUT2D eigenvalue weighted by atomic mass is 10.0. The molecule has 0 N–H and O–H groups in total. The van der Waals surface area contributed by atoms with Gasteiger partial charge in [-0.3, -0.25) is 9.59 Å². The molecular formula is C25H42O4S. The van der Waals surface area contributed by atoms with Gasteiger partial charge in [-0.25, -0.2) is 0 Å². The van der Waals surface area contributed by atoms with E-state index in [2.05, 4.69) is 6.92 Å². The van der Waals surface area contributed by atoms with E-state index in [1.165, 1.54) is 122 Å². The van der Waals surface area contributed by atoms with E-state index in [1.807, 2.05) is 0 Å². The molecule has 4 nitrogen and oxygen atoms in total. The molecule has 0 aliphatic heterocycles. The van der Waals surface area contributed by atoms with E-state index >= 15 is 0 Å². The third-order valence-corrected chi connectivity index (χ3v) is 6.64. The summed E-state index contributed by atoms with van der Waals surface area (Å²) < 4.78 is 10.1. The number of ketones is 2. The Labute approximate surface area is 188 Å². The summed E-state index contributed by atoms with van der Waals surface area (Å²) in [6, 6.07) is 0. The van der Waals surface area contributed by atoms with Crippen LogP contribution in [0.1, 0.15) is 103 Å². The lowest BCUT2D eigenvalue weighted by Crippen LogP contribution is -2.20. The lowest BCUT2D eigenvalue weighted by Gasteiger charge is -2.16. The maximum atomic E-state index is 12.4. The number of rotatable bonds is 19. The molecule has 0 bridgehead atoms. The monoisotopic (exact) mass is 438 g/mol. The summed E-state index contributed by atoms with van der Waals surface area (Å²) in [5.74, 6) is 0.318. The van der Waals surface area contributed by atoms with Crippen molar-refractivity contribution >= 4 is 23.3 Å². The second kappa shape index (κ2) is 17.5. The number of thioether (sulfide) groups is 1. The van der Waals surface area contributed by atoms with Gasteiger partial charge in [0.15, 0.2) is 0 Å². The number of Topliss-reactive ketones (excluding diaryl/α,β-unsaturated/α-hetero) is 1. The van der Waals surface area contributed by atoms with Crippen LogP contribution in [0.2, 0.25) is 0 Å². The molecule has 30 heavy (non-hydrogen) atoms. The minimum Gasteiger partial charge on any atom is -0.490 e. The van der Waals surface area contributed by atoms with Crippen LogP contribution in [0.25, 0.3) is 0 Å². The van der Waals surface area contributed by atoms with Gasteiger partial charge in [-0.1, -0.05) is 96.8 Å². The molecule has 1 aliphatic carbocycles. The first-order chi connectivity index (χ1) is 14.7. The highest BCUT2D eigenvalue weighted by atomic mass is 32.2. The smallest absolute Gasteiger partial charge is 0.238 e. The van der Waals surface area contributed by atoms with E-state index in [0.717, 1.165) is 12.2 Å². The zero-order valence-corrected chi connectivity index (χ0v) is 20.2. The summed E-state index contributed by atoms with van der Waals surface area (Å²) in [6.07, 6.45) is 21.5. The average molecular weight is 439 g/mol. The van der Waals surface area contributed by atoms with Crippen LogP contribution in [0, 0.1) is 0 Å². The first-order valence-corrected chi connectivity index (χ1v) is 12.9. The van der Waals surface area contributed by atoms with Gasteiger partial charge in [0.25, 0.3) is 0 Å². The molecule has 0 amide bonds. The summed E-state index contributed by atoms with van der Waals surface area (Å²) in [7, 11) is 2.77. The highest BCUT2D eigenvalue weighted by Gasteiger charge is 2.30. The fourth-order valence-electron chi connectivity index (χ4n) is 3.72. The fourth-order valence-corrected chi connectivity index (χ4v) is 4.70. The molecule has 0 aromatic rings. The molecule has 1 rings (SSSR count). The molecule has 0 aromatic carbocycles. The number of hydrogen-bond donors (Lipinski definition) is 0. The minimum absolute atomic E-state index is 0.00109. The molecule has 0 aromatic heterocycles. The summed E-state index contributed by atoms with van der Waals surface area (Å²) in [5.41, 5.74) is 0. The second-order valence-corrected chi connectivity index (χ2v) is 9.20. The first-order valence-electron chi connectivity index (χ1n) is 11.9. The summed E-state index contributed by atoms with van der Waals surface area (Å²) in [5, 5.41) is 0. The van der Waals surface area contributed by atoms with Gasteiger partial charge >= 0.3 is 0 Å². The Morgan fingerprint density at radius 1 is 0.667 bits per heavy atom. The zero-order valence-electron chi connectivity index (χ0n) is 19.4. The Balaban J connectivity index is 1.97. The van der Waals surface area contributed by atoms with Crippen molar-refractivity contribution in [3.05, 3.63) is 22.5 Å². The number of unbranched alkanes of at least 4 members (excludes halogenated alkanes) is 14. The Bertz CT molecular complexity index is 565. The van der Waals surface area contributed by atoms with Crippen molar-refractivity contribution in [2.45, 2.75) is 103 Å². The molecule has 172 valence electrons. The predicted molar refractivity (Wildman–Crippen MR) is 127 cm³/mol. The van der Waals surface area contributed by atoms with Gasteiger partial charge in [0.2, 0.25) is 23.1 Å². The van der Waals surface area contributed by atoms with E-state index in [1.54, 1.807) is 0 Å². The van der Waals surface area contributed by atoms with Crippen LogP contribution in [0.5, 0.6) is 0 Å². The number of allylic oxidation sites excluding steroid dienone is 2. The molecule has 0 radical (unpaired) electrons. The van der Waals surface area contributed by atoms with Crippen LogP contribution < -0.4 is 0 Å². The van der Waals surface area contributed by atoms with E-state index in [-0.39, 0.29) is 23.1 Å². The van der Waals surface area contributed by atoms with Crippen LogP contribution >= 0.6 is 11.8 Å². The molecular weight excluding hydrogens is 396 g/mol. The van der Waals surface area contributed by atoms with Gasteiger partial charge in [0.1, 0.15) is 0 Å². The van der Waals surface area contributed by atoms with Crippen LogP contribution in [-0.4, -0.2) is 31.5 Å². The largest absolute Gasteiger partial charge is 0.490 e. The van der Waals surface area contributed by atoms with E-state index in [0.29, 0.717) is 4.91 Å². The zero-order chi connectivity index (χ0) is 22.0. The number of carbonyl (C=O) groups excluding carboxylic acids is 2. The van der Waals surface area contributed by atoms with Crippen molar-refractivity contribution in [3.8, 4) is 0 Å². The Kier molecular flexibility index (Phi) is 15.6. The van der Waals surface area contributed by atoms with Crippen molar-refractivity contribution in [2.24, 2.45) is 0 Å². The SMILES string of the molecule is CCCCCCCCCCCCCCCCCSC1=CC(=O)C(OC)=C(OC)C1=O. The second-order valence-electron chi connectivity index (χ2n) is 8.07. The van der Waals surface area contributed by atoms with Crippen LogP contribution in [0.3, 0.4) is 0 Å². The van der Waals surface area contributed by atoms with Gasteiger partial charge in [0, 0.05) is 6.08 Å². The first kappa shape index (κ1) is 26.8.